The second-order valence-electron chi connectivity index (χ2n) is 6.78. The minimum Gasteiger partial charge on any atom is -0.481 e. The third kappa shape index (κ3) is 20.9. The van der Waals surface area contributed by atoms with E-state index in [0.29, 0.717) is 6.42 Å². The summed E-state index contributed by atoms with van der Waals surface area (Å²) in [4.78, 5) is 10.4. The lowest BCUT2D eigenvalue weighted by molar-refractivity contribution is -0.137. The maximum Gasteiger partial charge on any atom is 0.303 e. The highest BCUT2D eigenvalue weighted by molar-refractivity contribution is 5.66. The molecule has 0 aliphatic heterocycles. The van der Waals surface area contributed by atoms with E-state index in [9.17, 15) is 4.79 Å². The van der Waals surface area contributed by atoms with E-state index in [1.165, 1.54) is 77.0 Å². The summed E-state index contributed by atoms with van der Waals surface area (Å²) in [6.45, 7) is 2.25. The van der Waals surface area contributed by atoms with E-state index >= 15 is 0 Å². The zero-order chi connectivity index (χ0) is 17.7. The van der Waals surface area contributed by atoms with Gasteiger partial charge in [-0.15, -0.1) is 0 Å². The minimum atomic E-state index is -0.688. The Morgan fingerprint density at radius 3 is 1.42 bits per heavy atom. The smallest absolute Gasteiger partial charge is 0.303 e. The molecule has 0 amide bonds. The Bertz CT molecular complexity index is 318. The van der Waals surface area contributed by atoms with E-state index in [1.807, 2.05) is 0 Å². The molecule has 0 fully saturated rings. The molecule has 0 unspecified atom stereocenters. The van der Waals surface area contributed by atoms with Crippen molar-refractivity contribution >= 4 is 5.97 Å². The Labute approximate surface area is 150 Å². The Kier molecular flexibility index (Phi) is 19.1. The van der Waals surface area contributed by atoms with Gasteiger partial charge in [-0.05, 0) is 44.9 Å². The number of unbranched alkanes of at least 4 members (excludes halogenated alkanes) is 12. The van der Waals surface area contributed by atoms with Crippen LogP contribution in [0.4, 0.5) is 0 Å². The summed E-state index contributed by atoms with van der Waals surface area (Å²) >= 11 is 0. The lowest BCUT2D eigenvalue weighted by Crippen LogP contribution is -1.92. The molecule has 0 bridgehead atoms. The monoisotopic (exact) mass is 336 g/mol. The molecule has 2 nitrogen and oxygen atoms in total. The summed E-state index contributed by atoms with van der Waals surface area (Å²) < 4.78 is 0. The topological polar surface area (TPSA) is 37.3 Å². The minimum absolute atomic E-state index is 0.291. The van der Waals surface area contributed by atoms with Crippen molar-refractivity contribution in [2.24, 2.45) is 0 Å². The average Bonchev–Trinajstić information content (AvgIpc) is 2.56. The second-order valence-corrected chi connectivity index (χ2v) is 6.78. The van der Waals surface area contributed by atoms with Crippen LogP contribution >= 0.6 is 0 Å². The van der Waals surface area contributed by atoms with Gasteiger partial charge in [0.15, 0.2) is 0 Å². The van der Waals surface area contributed by atoms with Gasteiger partial charge in [0.25, 0.3) is 0 Å². The lowest BCUT2D eigenvalue weighted by atomic mass is 10.1. The number of carboxylic acid groups (broad SMARTS) is 1. The first kappa shape index (κ1) is 22.9. The molecule has 1 N–H and O–H groups in total. The predicted octanol–water partition coefficient (Wildman–Crippen LogP) is 7.44. The molecular formula is C22H40O2. The molecule has 0 heterocycles. The van der Waals surface area contributed by atoms with Gasteiger partial charge in [-0.2, -0.15) is 0 Å². The van der Waals surface area contributed by atoms with E-state index in [1.54, 1.807) is 0 Å². The van der Waals surface area contributed by atoms with Gasteiger partial charge in [0.05, 0.1) is 0 Å². The van der Waals surface area contributed by atoms with Crippen molar-refractivity contribution in [1.29, 1.82) is 0 Å². The summed E-state index contributed by atoms with van der Waals surface area (Å²) in [5.74, 6) is -0.688. The van der Waals surface area contributed by atoms with Gasteiger partial charge >= 0.3 is 5.97 Å². The molecule has 0 radical (unpaired) electrons. The van der Waals surface area contributed by atoms with Crippen LogP contribution in [-0.4, -0.2) is 11.1 Å². The van der Waals surface area contributed by atoms with Crippen LogP contribution in [0, 0.1) is 0 Å². The van der Waals surface area contributed by atoms with Crippen LogP contribution in [-0.2, 0) is 4.79 Å². The van der Waals surface area contributed by atoms with Crippen molar-refractivity contribution in [1.82, 2.24) is 0 Å². The molecule has 0 aliphatic rings. The molecule has 0 atom stereocenters. The lowest BCUT2D eigenvalue weighted by Gasteiger charge is -2.01. The normalized spacial score (nSPS) is 11.7. The van der Waals surface area contributed by atoms with Crippen molar-refractivity contribution in [3.63, 3.8) is 0 Å². The van der Waals surface area contributed by atoms with Crippen molar-refractivity contribution in [2.75, 3.05) is 0 Å². The molecular weight excluding hydrogens is 296 g/mol. The standard InChI is InChI=1S/C22H40O2/c1-2-3-4-5-6-7-8-9-10-11-12-13-14-15-16-17-18-19-20-21-22(23)24/h5-6,17-18H,2-4,7-16,19-21H2,1H3,(H,23,24)/b6-5-,18-17-. The summed E-state index contributed by atoms with van der Waals surface area (Å²) in [7, 11) is 0. The molecule has 0 aromatic heterocycles. The fourth-order valence-corrected chi connectivity index (χ4v) is 2.75. The molecule has 0 rings (SSSR count). The van der Waals surface area contributed by atoms with Gasteiger partial charge < -0.3 is 5.11 Å². The first-order chi connectivity index (χ1) is 11.8. The number of aliphatic carboxylic acids is 1. The Balaban J connectivity index is 3.11. The first-order valence-electron chi connectivity index (χ1n) is 10.3. The van der Waals surface area contributed by atoms with E-state index in [0.717, 1.165) is 19.3 Å². The summed E-state index contributed by atoms with van der Waals surface area (Å²) in [6, 6.07) is 0. The number of hydrogen-bond donors (Lipinski definition) is 1. The second kappa shape index (κ2) is 20.0. The number of hydrogen-bond acceptors (Lipinski definition) is 1. The average molecular weight is 337 g/mol. The van der Waals surface area contributed by atoms with Crippen LogP contribution < -0.4 is 0 Å². The molecule has 0 spiro atoms. The van der Waals surface area contributed by atoms with E-state index < -0.39 is 5.97 Å². The molecule has 2 heteroatoms. The van der Waals surface area contributed by atoms with Gasteiger partial charge in [0.2, 0.25) is 0 Å². The highest BCUT2D eigenvalue weighted by Gasteiger charge is 1.94. The predicted molar refractivity (Wildman–Crippen MR) is 105 cm³/mol. The van der Waals surface area contributed by atoms with Crippen LogP contribution in [0.15, 0.2) is 24.3 Å². The summed E-state index contributed by atoms with van der Waals surface area (Å²) in [5.41, 5.74) is 0. The SMILES string of the molecule is CCCC/C=C\CCCCCCCCCC/C=C\CCCC(=O)O. The molecule has 0 saturated heterocycles. The van der Waals surface area contributed by atoms with Crippen molar-refractivity contribution in [2.45, 2.75) is 110 Å². The van der Waals surface area contributed by atoms with Crippen molar-refractivity contribution < 1.29 is 9.90 Å². The quantitative estimate of drug-likeness (QED) is 0.208. The van der Waals surface area contributed by atoms with Crippen molar-refractivity contribution in [3.05, 3.63) is 24.3 Å². The molecule has 24 heavy (non-hydrogen) atoms. The maximum absolute atomic E-state index is 10.4. The number of carboxylic acids is 1. The molecule has 140 valence electrons. The third-order valence-corrected chi connectivity index (χ3v) is 4.31. The number of allylic oxidation sites excluding steroid dienone is 4. The zero-order valence-corrected chi connectivity index (χ0v) is 16.0. The van der Waals surface area contributed by atoms with E-state index in [4.69, 9.17) is 5.11 Å². The van der Waals surface area contributed by atoms with Gasteiger partial charge in [-0.3, -0.25) is 4.79 Å². The van der Waals surface area contributed by atoms with Crippen LogP contribution in [0.1, 0.15) is 110 Å². The molecule has 0 aromatic carbocycles. The number of rotatable bonds is 18. The summed E-state index contributed by atoms with van der Waals surface area (Å²) in [5, 5.41) is 8.53. The maximum atomic E-state index is 10.4. The van der Waals surface area contributed by atoms with E-state index in [2.05, 4.69) is 31.2 Å². The molecule has 0 aromatic rings. The van der Waals surface area contributed by atoms with Gasteiger partial charge in [0, 0.05) is 6.42 Å². The fourth-order valence-electron chi connectivity index (χ4n) is 2.75. The van der Waals surface area contributed by atoms with Crippen LogP contribution in [0.25, 0.3) is 0 Å². The Hall–Kier alpha value is -1.05. The molecule has 0 aliphatic carbocycles. The number of carbonyl (C=O) groups is 1. The zero-order valence-electron chi connectivity index (χ0n) is 16.0. The van der Waals surface area contributed by atoms with E-state index in [-0.39, 0.29) is 0 Å². The molecule has 0 saturated carbocycles. The Morgan fingerprint density at radius 1 is 0.625 bits per heavy atom. The first-order valence-corrected chi connectivity index (χ1v) is 10.3. The fraction of sp³-hybridized carbons (Fsp3) is 0.773. The highest BCUT2D eigenvalue weighted by Crippen LogP contribution is 2.11. The highest BCUT2D eigenvalue weighted by atomic mass is 16.4. The Morgan fingerprint density at radius 2 is 1.00 bits per heavy atom. The van der Waals surface area contributed by atoms with Crippen LogP contribution in [0.2, 0.25) is 0 Å². The largest absolute Gasteiger partial charge is 0.481 e. The van der Waals surface area contributed by atoms with Gasteiger partial charge in [-0.1, -0.05) is 82.6 Å². The third-order valence-electron chi connectivity index (χ3n) is 4.31. The van der Waals surface area contributed by atoms with Crippen molar-refractivity contribution in [3.8, 4) is 0 Å². The van der Waals surface area contributed by atoms with Gasteiger partial charge in [-0.25, -0.2) is 0 Å². The van der Waals surface area contributed by atoms with Gasteiger partial charge in [0.1, 0.15) is 0 Å². The van der Waals surface area contributed by atoms with Crippen LogP contribution in [0.3, 0.4) is 0 Å². The van der Waals surface area contributed by atoms with Crippen LogP contribution in [0.5, 0.6) is 0 Å². The summed E-state index contributed by atoms with van der Waals surface area (Å²) in [6.07, 6.45) is 28.2.